The molecule has 0 amide bonds. The quantitative estimate of drug-likeness (QED) is 0.616. The fraction of sp³-hybridized carbons (Fsp3) is 0.500. The van der Waals surface area contributed by atoms with E-state index in [1.807, 2.05) is 17.1 Å². The fourth-order valence-electron chi connectivity index (χ4n) is 0.747. The lowest BCUT2D eigenvalue weighted by molar-refractivity contribution is 0.625. The molecule has 3 nitrogen and oxygen atoms in total. The maximum absolute atomic E-state index is 5.35. The van der Waals surface area contributed by atoms with Crippen LogP contribution < -0.4 is 11.0 Å². The first-order valence-electron chi connectivity index (χ1n) is 3.27. The van der Waals surface area contributed by atoms with Gasteiger partial charge in [-0.1, -0.05) is 8.58 Å². The van der Waals surface area contributed by atoms with E-state index in [0.29, 0.717) is 6.54 Å². The van der Waals surface area contributed by atoms with Gasteiger partial charge in [0.2, 0.25) is 0 Å². The molecule has 4 heteroatoms. The Morgan fingerprint density at radius 2 is 2.60 bits per heavy atom. The highest BCUT2D eigenvalue weighted by atomic mass is 31.1. The molecule has 0 saturated carbocycles. The Labute approximate surface area is 62.4 Å². The molecule has 1 rings (SSSR count). The van der Waals surface area contributed by atoms with Gasteiger partial charge in [-0.05, 0) is 6.66 Å². The topological polar surface area (TPSA) is 43.8 Å². The van der Waals surface area contributed by atoms with Gasteiger partial charge < -0.3 is 5.73 Å². The van der Waals surface area contributed by atoms with Crippen LogP contribution in [0.4, 0.5) is 0 Å². The van der Waals surface area contributed by atoms with Crippen LogP contribution in [0.3, 0.4) is 0 Å². The van der Waals surface area contributed by atoms with Crippen LogP contribution in [0.25, 0.3) is 0 Å². The van der Waals surface area contributed by atoms with Gasteiger partial charge in [-0.25, -0.2) is 0 Å². The van der Waals surface area contributed by atoms with E-state index in [1.165, 1.54) is 5.30 Å². The summed E-state index contributed by atoms with van der Waals surface area (Å²) in [5, 5.41) is 5.42. The van der Waals surface area contributed by atoms with E-state index in [4.69, 9.17) is 5.73 Å². The average molecular weight is 157 g/mol. The lowest BCUT2D eigenvalue weighted by Crippen LogP contribution is -2.10. The highest BCUT2D eigenvalue weighted by Gasteiger charge is 1.92. The summed E-state index contributed by atoms with van der Waals surface area (Å²) >= 11 is 0. The first-order chi connectivity index (χ1) is 4.86. The molecule has 0 aliphatic heterocycles. The van der Waals surface area contributed by atoms with Crippen LogP contribution in [-0.4, -0.2) is 23.0 Å². The third kappa shape index (κ3) is 1.79. The summed E-state index contributed by atoms with van der Waals surface area (Å²) in [4.78, 5) is 0. The van der Waals surface area contributed by atoms with E-state index in [-0.39, 0.29) is 0 Å². The van der Waals surface area contributed by atoms with Crippen LogP contribution >= 0.6 is 8.58 Å². The van der Waals surface area contributed by atoms with Crippen molar-refractivity contribution < 1.29 is 0 Å². The molecule has 0 fully saturated rings. The molecule has 0 bridgehead atoms. The summed E-state index contributed by atoms with van der Waals surface area (Å²) in [6.45, 7) is 3.63. The minimum Gasteiger partial charge on any atom is -0.329 e. The van der Waals surface area contributed by atoms with Crippen molar-refractivity contribution in [3.05, 3.63) is 12.4 Å². The van der Waals surface area contributed by atoms with Gasteiger partial charge in [-0.15, -0.1) is 0 Å². The highest BCUT2D eigenvalue weighted by molar-refractivity contribution is 7.46. The average Bonchev–Trinajstić information content (AvgIpc) is 2.37. The molecule has 0 aromatic carbocycles. The SMILES string of the molecule is CPc1cnn(CCN)c1. The van der Waals surface area contributed by atoms with Crippen molar-refractivity contribution in [2.24, 2.45) is 5.73 Å². The minimum absolute atomic E-state index is 0.661. The standard InChI is InChI=1S/C6H12N3P/c1-10-6-4-8-9(5-6)3-2-7/h4-5,10H,2-3,7H2,1H3. The van der Waals surface area contributed by atoms with Crippen molar-refractivity contribution >= 4 is 13.9 Å². The monoisotopic (exact) mass is 157 g/mol. The highest BCUT2D eigenvalue weighted by Crippen LogP contribution is 2.00. The Hall–Kier alpha value is -0.400. The van der Waals surface area contributed by atoms with Crippen LogP contribution in [0.1, 0.15) is 0 Å². The normalized spacial score (nSPS) is 11.4. The van der Waals surface area contributed by atoms with Gasteiger partial charge in [0.15, 0.2) is 0 Å². The molecule has 1 heterocycles. The predicted octanol–water partition coefficient (Wildman–Crippen LogP) is -0.225. The van der Waals surface area contributed by atoms with Gasteiger partial charge in [0.1, 0.15) is 0 Å². The summed E-state index contributed by atoms with van der Waals surface area (Å²) in [6, 6.07) is 0. The lowest BCUT2D eigenvalue weighted by Gasteiger charge is -1.94. The van der Waals surface area contributed by atoms with Crippen molar-refractivity contribution in [2.45, 2.75) is 6.54 Å². The second-order valence-corrected chi connectivity index (χ2v) is 3.11. The first-order valence-corrected chi connectivity index (χ1v) is 4.77. The Bertz CT molecular complexity index is 197. The summed E-state index contributed by atoms with van der Waals surface area (Å²) < 4.78 is 1.88. The molecular formula is C6H12N3P. The maximum atomic E-state index is 5.35. The molecule has 0 spiro atoms. The van der Waals surface area contributed by atoms with E-state index in [0.717, 1.165) is 15.1 Å². The summed E-state index contributed by atoms with van der Waals surface area (Å²) in [5.74, 6) is 0. The van der Waals surface area contributed by atoms with Crippen molar-refractivity contribution in [3.63, 3.8) is 0 Å². The van der Waals surface area contributed by atoms with Gasteiger partial charge >= 0.3 is 0 Å². The number of nitrogens with zero attached hydrogens (tertiary/aromatic N) is 2. The summed E-state index contributed by atoms with van der Waals surface area (Å²) in [7, 11) is 0.831. The Morgan fingerprint density at radius 1 is 1.80 bits per heavy atom. The zero-order valence-corrected chi connectivity index (χ0v) is 7.04. The van der Waals surface area contributed by atoms with Crippen molar-refractivity contribution in [1.29, 1.82) is 0 Å². The van der Waals surface area contributed by atoms with Crippen LogP contribution in [-0.2, 0) is 6.54 Å². The molecule has 1 unspecified atom stereocenters. The summed E-state index contributed by atoms with van der Waals surface area (Å²) in [5.41, 5.74) is 5.35. The summed E-state index contributed by atoms with van der Waals surface area (Å²) in [6.07, 6.45) is 3.94. The van der Waals surface area contributed by atoms with E-state index in [9.17, 15) is 0 Å². The Morgan fingerprint density at radius 3 is 3.10 bits per heavy atom. The van der Waals surface area contributed by atoms with Gasteiger partial charge in [0, 0.05) is 18.0 Å². The molecule has 0 aliphatic carbocycles. The second kappa shape index (κ2) is 3.69. The molecule has 1 aromatic heterocycles. The van der Waals surface area contributed by atoms with Gasteiger partial charge in [0.25, 0.3) is 0 Å². The van der Waals surface area contributed by atoms with E-state index in [1.54, 1.807) is 0 Å². The molecular weight excluding hydrogens is 145 g/mol. The van der Waals surface area contributed by atoms with Gasteiger partial charge in [-0.3, -0.25) is 4.68 Å². The molecule has 1 atom stereocenters. The van der Waals surface area contributed by atoms with E-state index >= 15 is 0 Å². The number of aromatic nitrogens is 2. The first kappa shape index (κ1) is 7.70. The zero-order chi connectivity index (χ0) is 7.40. The number of rotatable bonds is 3. The molecule has 2 N–H and O–H groups in total. The predicted molar refractivity (Wildman–Crippen MR) is 45.2 cm³/mol. The molecule has 0 aliphatic rings. The van der Waals surface area contributed by atoms with Crippen molar-refractivity contribution in [3.8, 4) is 0 Å². The minimum atomic E-state index is 0.661. The molecule has 1 aromatic rings. The maximum Gasteiger partial charge on any atom is 0.0563 e. The third-order valence-electron chi connectivity index (χ3n) is 1.28. The lowest BCUT2D eigenvalue weighted by atomic mass is 10.6. The van der Waals surface area contributed by atoms with Crippen LogP contribution in [0.2, 0.25) is 0 Å². The van der Waals surface area contributed by atoms with E-state index in [2.05, 4.69) is 11.8 Å². The molecule has 10 heavy (non-hydrogen) atoms. The van der Waals surface area contributed by atoms with Gasteiger partial charge in [-0.2, -0.15) is 5.10 Å². The van der Waals surface area contributed by atoms with Gasteiger partial charge in [0.05, 0.1) is 12.7 Å². The fourth-order valence-corrected chi connectivity index (χ4v) is 1.21. The molecule has 0 saturated heterocycles. The van der Waals surface area contributed by atoms with Crippen molar-refractivity contribution in [2.75, 3.05) is 13.2 Å². The largest absolute Gasteiger partial charge is 0.329 e. The van der Waals surface area contributed by atoms with Crippen LogP contribution in [0, 0.1) is 0 Å². The third-order valence-corrected chi connectivity index (χ3v) is 2.12. The second-order valence-electron chi connectivity index (χ2n) is 2.03. The molecule has 56 valence electrons. The Kier molecular flexibility index (Phi) is 2.84. The van der Waals surface area contributed by atoms with Crippen molar-refractivity contribution in [1.82, 2.24) is 9.78 Å². The zero-order valence-electron chi connectivity index (χ0n) is 6.04. The van der Waals surface area contributed by atoms with Crippen LogP contribution in [0.5, 0.6) is 0 Å². The van der Waals surface area contributed by atoms with E-state index < -0.39 is 0 Å². The molecule has 0 radical (unpaired) electrons. The number of nitrogens with two attached hydrogens (primary N) is 1. The Balaban J connectivity index is 2.59. The number of hydrogen-bond donors (Lipinski definition) is 1. The number of hydrogen-bond acceptors (Lipinski definition) is 2. The van der Waals surface area contributed by atoms with Crippen LogP contribution in [0.15, 0.2) is 12.4 Å². The smallest absolute Gasteiger partial charge is 0.0563 e.